The van der Waals surface area contributed by atoms with E-state index in [0.717, 1.165) is 25.2 Å². The maximum absolute atomic E-state index is 5.53. The van der Waals surface area contributed by atoms with Crippen LogP contribution in [0.15, 0.2) is 34.9 Å². The molecule has 1 aromatic carbocycles. The first-order chi connectivity index (χ1) is 8.43. The Morgan fingerprint density at radius 1 is 1.12 bits per heavy atom. The maximum atomic E-state index is 5.53. The minimum Gasteiger partial charge on any atom is -0.464 e. The zero-order chi connectivity index (χ0) is 11.5. The molecule has 1 fully saturated rings. The molecular weight excluding hydrogens is 212 g/mol. The number of furan rings is 1. The Hall–Kier alpha value is -1.32. The largest absolute Gasteiger partial charge is 0.464 e. The predicted molar refractivity (Wildman–Crippen MR) is 68.5 cm³/mol. The normalized spacial score (nSPS) is 17.6. The molecule has 3 nitrogen and oxygen atoms in total. The van der Waals surface area contributed by atoms with Crippen molar-refractivity contribution in [2.75, 3.05) is 13.1 Å². The van der Waals surface area contributed by atoms with Crippen LogP contribution in [0.25, 0.3) is 11.0 Å². The van der Waals surface area contributed by atoms with Crippen LogP contribution in [-0.2, 0) is 6.54 Å². The monoisotopic (exact) mass is 230 g/mol. The van der Waals surface area contributed by atoms with E-state index >= 15 is 0 Å². The topological polar surface area (TPSA) is 28.4 Å². The van der Waals surface area contributed by atoms with Crippen molar-refractivity contribution in [1.29, 1.82) is 0 Å². The molecule has 1 aliphatic heterocycles. The van der Waals surface area contributed by atoms with Gasteiger partial charge in [0.05, 0.1) is 6.26 Å². The summed E-state index contributed by atoms with van der Waals surface area (Å²) >= 11 is 0. The van der Waals surface area contributed by atoms with Crippen LogP contribution in [0.1, 0.15) is 24.8 Å². The molecule has 2 aromatic rings. The molecule has 0 amide bonds. The van der Waals surface area contributed by atoms with Crippen molar-refractivity contribution in [2.24, 2.45) is 0 Å². The van der Waals surface area contributed by atoms with Gasteiger partial charge in [-0.3, -0.25) is 5.43 Å². The molecule has 1 N–H and O–H groups in total. The lowest BCUT2D eigenvalue weighted by Gasteiger charge is -2.26. The van der Waals surface area contributed by atoms with E-state index < -0.39 is 0 Å². The summed E-state index contributed by atoms with van der Waals surface area (Å²) < 4.78 is 5.53. The molecule has 2 heterocycles. The van der Waals surface area contributed by atoms with Gasteiger partial charge in [0.2, 0.25) is 0 Å². The number of hydrogen-bond donors (Lipinski definition) is 1. The van der Waals surface area contributed by atoms with Gasteiger partial charge in [0, 0.05) is 30.6 Å². The van der Waals surface area contributed by atoms with Gasteiger partial charge in [-0.15, -0.1) is 0 Å². The number of fused-ring (bicyclic) bond motifs is 1. The van der Waals surface area contributed by atoms with Crippen LogP contribution < -0.4 is 5.43 Å². The molecule has 0 unspecified atom stereocenters. The standard InChI is InChI=1S/C14H18N2O/c1-4-8-16(9-5-1)15-10-12-11-17-14-7-3-2-6-13(12)14/h2-3,6-7,11,15H,1,4-5,8-10H2. The molecule has 0 bridgehead atoms. The van der Waals surface area contributed by atoms with E-state index in [1.165, 1.54) is 30.2 Å². The van der Waals surface area contributed by atoms with Crippen molar-refractivity contribution >= 4 is 11.0 Å². The second-order valence-corrected chi connectivity index (χ2v) is 4.64. The molecule has 1 saturated heterocycles. The fourth-order valence-corrected chi connectivity index (χ4v) is 2.42. The third-order valence-corrected chi connectivity index (χ3v) is 3.41. The number of nitrogens with zero attached hydrogens (tertiary/aromatic N) is 1. The Labute approximate surface area is 101 Å². The molecule has 17 heavy (non-hydrogen) atoms. The molecule has 0 aliphatic carbocycles. The van der Waals surface area contributed by atoms with Crippen LogP contribution in [0.3, 0.4) is 0 Å². The lowest BCUT2D eigenvalue weighted by molar-refractivity contribution is 0.151. The van der Waals surface area contributed by atoms with Crippen LogP contribution in [-0.4, -0.2) is 18.1 Å². The highest BCUT2D eigenvalue weighted by Gasteiger charge is 2.10. The SMILES string of the molecule is c1ccc2c(CNN3CCCCC3)coc2c1. The van der Waals surface area contributed by atoms with Crippen LogP contribution in [0.4, 0.5) is 0 Å². The molecule has 90 valence electrons. The number of para-hydroxylation sites is 1. The average molecular weight is 230 g/mol. The summed E-state index contributed by atoms with van der Waals surface area (Å²) in [6.45, 7) is 3.18. The lowest BCUT2D eigenvalue weighted by atomic mass is 10.1. The van der Waals surface area contributed by atoms with E-state index in [1.54, 1.807) is 0 Å². The van der Waals surface area contributed by atoms with Gasteiger partial charge < -0.3 is 4.42 Å². The Morgan fingerprint density at radius 3 is 2.82 bits per heavy atom. The summed E-state index contributed by atoms with van der Waals surface area (Å²) in [7, 11) is 0. The minimum absolute atomic E-state index is 0.858. The van der Waals surface area contributed by atoms with Crippen molar-refractivity contribution in [1.82, 2.24) is 10.4 Å². The first-order valence-corrected chi connectivity index (χ1v) is 6.37. The van der Waals surface area contributed by atoms with Gasteiger partial charge in [-0.2, -0.15) is 0 Å². The summed E-state index contributed by atoms with van der Waals surface area (Å²) in [5.74, 6) is 0. The molecule has 0 radical (unpaired) electrons. The number of benzene rings is 1. The van der Waals surface area contributed by atoms with Crippen LogP contribution in [0.5, 0.6) is 0 Å². The average Bonchev–Trinajstić information content (AvgIpc) is 2.81. The van der Waals surface area contributed by atoms with Gasteiger partial charge in [-0.1, -0.05) is 24.6 Å². The summed E-state index contributed by atoms with van der Waals surface area (Å²) in [4.78, 5) is 0. The van der Waals surface area contributed by atoms with Crippen molar-refractivity contribution in [3.05, 3.63) is 36.1 Å². The van der Waals surface area contributed by atoms with Gasteiger partial charge in [-0.25, -0.2) is 5.01 Å². The number of rotatable bonds is 3. The van der Waals surface area contributed by atoms with Crippen LogP contribution in [0, 0.1) is 0 Å². The van der Waals surface area contributed by atoms with Crippen LogP contribution in [0.2, 0.25) is 0 Å². The van der Waals surface area contributed by atoms with Gasteiger partial charge in [0.15, 0.2) is 0 Å². The summed E-state index contributed by atoms with van der Waals surface area (Å²) in [5.41, 5.74) is 5.71. The van der Waals surface area contributed by atoms with Crippen LogP contribution >= 0.6 is 0 Å². The Kier molecular flexibility index (Phi) is 3.12. The summed E-state index contributed by atoms with van der Waals surface area (Å²) in [6, 6.07) is 8.20. The highest BCUT2D eigenvalue weighted by molar-refractivity contribution is 5.80. The molecule has 3 rings (SSSR count). The molecular formula is C14H18N2O. The Morgan fingerprint density at radius 2 is 1.94 bits per heavy atom. The molecule has 1 aromatic heterocycles. The lowest BCUT2D eigenvalue weighted by Crippen LogP contribution is -2.41. The van der Waals surface area contributed by atoms with E-state index in [4.69, 9.17) is 4.42 Å². The molecule has 0 saturated carbocycles. The first-order valence-electron chi connectivity index (χ1n) is 6.37. The molecule has 0 spiro atoms. The molecule has 3 heteroatoms. The zero-order valence-corrected chi connectivity index (χ0v) is 9.98. The van der Waals surface area contributed by atoms with Gasteiger partial charge in [-0.05, 0) is 18.9 Å². The second-order valence-electron chi connectivity index (χ2n) is 4.64. The van der Waals surface area contributed by atoms with Gasteiger partial charge >= 0.3 is 0 Å². The van der Waals surface area contributed by atoms with Crippen molar-refractivity contribution in [3.8, 4) is 0 Å². The zero-order valence-electron chi connectivity index (χ0n) is 9.98. The van der Waals surface area contributed by atoms with Crippen molar-refractivity contribution < 1.29 is 4.42 Å². The first kappa shape index (κ1) is 10.8. The number of nitrogens with one attached hydrogen (secondary N) is 1. The van der Waals surface area contributed by atoms with Gasteiger partial charge in [0.25, 0.3) is 0 Å². The van der Waals surface area contributed by atoms with E-state index in [1.807, 2.05) is 18.4 Å². The van der Waals surface area contributed by atoms with E-state index in [-0.39, 0.29) is 0 Å². The third kappa shape index (κ3) is 2.35. The highest BCUT2D eigenvalue weighted by atomic mass is 16.3. The fraction of sp³-hybridized carbons (Fsp3) is 0.429. The number of piperidine rings is 1. The number of hydrogen-bond acceptors (Lipinski definition) is 3. The second kappa shape index (κ2) is 4.90. The fourth-order valence-electron chi connectivity index (χ4n) is 2.42. The predicted octanol–water partition coefficient (Wildman–Crippen LogP) is 2.92. The van der Waals surface area contributed by atoms with Gasteiger partial charge in [0.1, 0.15) is 5.58 Å². The number of hydrazine groups is 1. The molecule has 1 aliphatic rings. The van der Waals surface area contributed by atoms with E-state index in [2.05, 4.69) is 22.6 Å². The van der Waals surface area contributed by atoms with E-state index in [0.29, 0.717) is 0 Å². The molecule has 0 atom stereocenters. The third-order valence-electron chi connectivity index (χ3n) is 3.41. The Bertz CT molecular complexity index is 486. The quantitative estimate of drug-likeness (QED) is 0.878. The highest BCUT2D eigenvalue weighted by Crippen LogP contribution is 2.20. The summed E-state index contributed by atoms with van der Waals surface area (Å²) in [5, 5.41) is 3.54. The van der Waals surface area contributed by atoms with Crippen molar-refractivity contribution in [2.45, 2.75) is 25.8 Å². The summed E-state index contributed by atoms with van der Waals surface area (Å²) in [6.07, 6.45) is 5.84. The van der Waals surface area contributed by atoms with E-state index in [9.17, 15) is 0 Å². The Balaban J connectivity index is 1.68. The minimum atomic E-state index is 0.858. The van der Waals surface area contributed by atoms with Crippen molar-refractivity contribution in [3.63, 3.8) is 0 Å². The maximum Gasteiger partial charge on any atom is 0.134 e. The smallest absolute Gasteiger partial charge is 0.134 e.